The van der Waals surface area contributed by atoms with Gasteiger partial charge in [-0.25, -0.2) is 19.9 Å². The van der Waals surface area contributed by atoms with Crippen molar-refractivity contribution in [3.05, 3.63) is 237 Å². The summed E-state index contributed by atoms with van der Waals surface area (Å²) in [6, 6.07) is 81.9. The van der Waals surface area contributed by atoms with Gasteiger partial charge in [-0.15, -0.1) is 0 Å². The van der Waals surface area contributed by atoms with Crippen LogP contribution in [-0.2, 0) is 9.31 Å². The maximum absolute atomic E-state index is 6.25. The molecule has 0 unspecified atom stereocenters. The van der Waals surface area contributed by atoms with E-state index in [2.05, 4.69) is 226 Å². The fraction of sp³-hybridized carbons (Fsp3) is 0.0870. The van der Waals surface area contributed by atoms with E-state index >= 15 is 0 Å². The number of pyridine rings is 4. The number of nitrogens with zero attached hydrogens (tertiary/aromatic N) is 6. The zero-order valence-electron chi connectivity index (χ0n) is 43.6. The topological polar surface area (TPSA) is 87.8 Å². The monoisotopic (exact) mass is 1010 g/mol. The zero-order valence-corrected chi connectivity index (χ0v) is 43.6. The second-order valence-electron chi connectivity index (χ2n) is 21.0. The van der Waals surface area contributed by atoms with Crippen LogP contribution in [0.25, 0.3) is 127 Å². The average Bonchev–Trinajstić information content (AvgIpc) is 4.03. The van der Waals surface area contributed by atoms with Crippen molar-refractivity contribution in [3.8, 4) is 51.1 Å². The van der Waals surface area contributed by atoms with Gasteiger partial charge in [0.05, 0.1) is 67.3 Å². The lowest BCUT2D eigenvalue weighted by atomic mass is 9.84. The Morgan fingerprint density at radius 2 is 0.821 bits per heavy atom. The minimum atomic E-state index is -0.512. The molecule has 9 heteroatoms. The molecule has 1 saturated heterocycles. The van der Waals surface area contributed by atoms with Crippen LogP contribution in [0, 0.1) is 0 Å². The first-order valence-electron chi connectivity index (χ1n) is 26.5. The number of benzene rings is 9. The van der Waals surface area contributed by atoms with Gasteiger partial charge in [0, 0.05) is 49.1 Å². The molecule has 0 radical (unpaired) electrons. The molecule has 0 saturated carbocycles. The summed E-state index contributed by atoms with van der Waals surface area (Å²) in [5.74, 6) is 0.912. The fourth-order valence-electron chi connectivity index (χ4n) is 11.1. The molecular formula is C69H51BN6O2. The van der Waals surface area contributed by atoms with Gasteiger partial charge in [0.2, 0.25) is 0 Å². The van der Waals surface area contributed by atoms with Crippen LogP contribution < -0.4 is 5.59 Å². The number of rotatable bonds is 6. The molecule has 78 heavy (non-hydrogen) atoms. The molecule has 0 aliphatic carbocycles. The van der Waals surface area contributed by atoms with Crippen molar-refractivity contribution in [2.45, 2.75) is 38.9 Å². The summed E-state index contributed by atoms with van der Waals surface area (Å²) in [6.07, 6.45) is 0. The number of fused-ring (bicyclic) bond motifs is 11. The van der Waals surface area contributed by atoms with Crippen LogP contribution in [0.5, 0.6) is 0 Å². The Hall–Kier alpha value is -9.41. The Kier molecular flexibility index (Phi) is 11.3. The number of hydrogen-bond donors (Lipinski definition) is 0. The van der Waals surface area contributed by atoms with E-state index in [1.54, 1.807) is 0 Å². The third kappa shape index (κ3) is 8.06. The minimum Gasteiger partial charge on any atom is -0.398 e. The van der Waals surface area contributed by atoms with Crippen LogP contribution in [0.15, 0.2) is 237 Å². The third-order valence-corrected chi connectivity index (χ3v) is 15.7. The summed E-state index contributed by atoms with van der Waals surface area (Å²) in [5, 5.41) is 11.8. The highest BCUT2D eigenvalue weighted by Gasteiger charge is 2.52. The zero-order chi connectivity index (χ0) is 52.5. The van der Waals surface area contributed by atoms with E-state index < -0.39 is 18.3 Å². The summed E-state index contributed by atoms with van der Waals surface area (Å²) >= 11 is 0. The molecule has 372 valence electrons. The molecular weight excluding hydrogens is 956 g/mol. The van der Waals surface area contributed by atoms with Crippen LogP contribution in [0.3, 0.4) is 0 Å². The highest BCUT2D eigenvalue weighted by Crippen LogP contribution is 2.40. The lowest BCUT2D eigenvalue weighted by molar-refractivity contribution is 0.00578. The fourth-order valence-corrected chi connectivity index (χ4v) is 11.1. The second kappa shape index (κ2) is 18.7. The molecule has 1 aliphatic heterocycles. The van der Waals surface area contributed by atoms with Gasteiger partial charge in [0.15, 0.2) is 0 Å². The number of imidazole rings is 1. The van der Waals surface area contributed by atoms with Crippen molar-refractivity contribution in [2.75, 3.05) is 0 Å². The van der Waals surface area contributed by atoms with E-state index in [0.717, 1.165) is 100 Å². The summed E-state index contributed by atoms with van der Waals surface area (Å²) in [7, 11) is -0.512. The van der Waals surface area contributed by atoms with Gasteiger partial charge in [-0.1, -0.05) is 176 Å². The normalized spacial score (nSPS) is 14.0. The molecule has 0 atom stereocenters. The first-order chi connectivity index (χ1) is 38.2. The third-order valence-electron chi connectivity index (χ3n) is 15.7. The lowest BCUT2D eigenvalue weighted by Gasteiger charge is -2.32. The van der Waals surface area contributed by atoms with Crippen LogP contribution in [0.2, 0.25) is 0 Å². The molecule has 14 aromatic rings. The molecule has 5 aromatic heterocycles. The summed E-state index contributed by atoms with van der Waals surface area (Å²) in [6.45, 7) is 8.22. The molecule has 6 heterocycles. The SMILES string of the molecule is CC1(C)OB(c2cccc(-c3nc4ccccc4c4c3ccc3ccccc34)n2)OC1(C)C.c1ccc(-n2c(-c3ccc(-c4cccc(-c5nc6ccccc6c6c5ccc5ccccc56)n4)cc3)nc3ccccc32)cc1. The molecule has 8 nitrogen and oxygen atoms in total. The Morgan fingerprint density at radius 1 is 0.346 bits per heavy atom. The molecule has 0 spiro atoms. The summed E-state index contributed by atoms with van der Waals surface area (Å²) < 4.78 is 14.7. The van der Waals surface area contributed by atoms with Crippen LogP contribution >= 0.6 is 0 Å². The van der Waals surface area contributed by atoms with Crippen molar-refractivity contribution < 1.29 is 9.31 Å². The van der Waals surface area contributed by atoms with Crippen molar-refractivity contribution in [3.63, 3.8) is 0 Å². The van der Waals surface area contributed by atoms with Gasteiger partial charge >= 0.3 is 7.12 Å². The minimum absolute atomic E-state index is 0.415. The van der Waals surface area contributed by atoms with Crippen molar-refractivity contribution in [1.82, 2.24) is 29.5 Å². The molecule has 0 bridgehead atoms. The Balaban J connectivity index is 0.000000149. The smallest absolute Gasteiger partial charge is 0.398 e. The molecule has 9 aromatic carbocycles. The van der Waals surface area contributed by atoms with E-state index in [1.807, 2.05) is 42.5 Å². The van der Waals surface area contributed by atoms with Gasteiger partial charge in [-0.2, -0.15) is 0 Å². The predicted molar refractivity (Wildman–Crippen MR) is 321 cm³/mol. The molecule has 1 aliphatic rings. The van der Waals surface area contributed by atoms with Gasteiger partial charge in [-0.05, 0) is 110 Å². The number of aromatic nitrogens is 6. The van der Waals surface area contributed by atoms with E-state index in [4.69, 9.17) is 34.2 Å². The van der Waals surface area contributed by atoms with Crippen molar-refractivity contribution >= 4 is 88.6 Å². The molecule has 1 fully saturated rings. The highest BCUT2D eigenvalue weighted by molar-refractivity contribution is 6.61. The summed E-state index contributed by atoms with van der Waals surface area (Å²) in [5.41, 5.74) is 11.4. The Morgan fingerprint density at radius 3 is 1.42 bits per heavy atom. The molecule has 15 rings (SSSR count). The van der Waals surface area contributed by atoms with E-state index in [9.17, 15) is 0 Å². The molecule has 0 amide bonds. The van der Waals surface area contributed by atoms with Gasteiger partial charge in [-0.3, -0.25) is 9.55 Å². The van der Waals surface area contributed by atoms with Crippen molar-refractivity contribution in [1.29, 1.82) is 0 Å². The largest absolute Gasteiger partial charge is 0.514 e. The number of hydrogen-bond acceptors (Lipinski definition) is 7. The van der Waals surface area contributed by atoms with E-state index in [-0.39, 0.29) is 0 Å². The van der Waals surface area contributed by atoms with Crippen LogP contribution in [0.4, 0.5) is 0 Å². The predicted octanol–water partition coefficient (Wildman–Crippen LogP) is 16.2. The first-order valence-corrected chi connectivity index (χ1v) is 26.5. The van der Waals surface area contributed by atoms with E-state index in [1.165, 1.54) is 32.3 Å². The van der Waals surface area contributed by atoms with Crippen LogP contribution in [0.1, 0.15) is 27.7 Å². The Labute approximate surface area is 451 Å². The van der Waals surface area contributed by atoms with E-state index in [0.29, 0.717) is 0 Å². The van der Waals surface area contributed by atoms with Gasteiger partial charge in [0.1, 0.15) is 5.82 Å². The average molecular weight is 1010 g/mol. The lowest BCUT2D eigenvalue weighted by Crippen LogP contribution is -2.41. The van der Waals surface area contributed by atoms with Gasteiger partial charge in [0.25, 0.3) is 0 Å². The highest BCUT2D eigenvalue weighted by atomic mass is 16.7. The van der Waals surface area contributed by atoms with Crippen molar-refractivity contribution in [2.24, 2.45) is 0 Å². The first kappa shape index (κ1) is 47.1. The maximum atomic E-state index is 6.25. The summed E-state index contributed by atoms with van der Waals surface area (Å²) in [4.78, 5) is 25.4. The Bertz CT molecular complexity index is 4600. The molecule has 0 N–H and O–H groups in total. The number of para-hydroxylation sites is 5. The quantitative estimate of drug-likeness (QED) is 0.121. The maximum Gasteiger partial charge on any atom is 0.514 e. The van der Waals surface area contributed by atoms with Crippen LogP contribution in [-0.4, -0.2) is 47.8 Å². The van der Waals surface area contributed by atoms with Gasteiger partial charge < -0.3 is 9.31 Å². The second-order valence-corrected chi connectivity index (χ2v) is 21.0. The standard InChI is InChI=1S/C41H26N4.C28H25BN2O2/c1-2-12-30(13-3-1)45-38-20-9-8-17-36(38)44-41(45)29-23-21-28(22-24-29)34-18-10-19-37(42-34)40-33-26-25-27-11-4-5-14-31(27)39(33)32-15-6-7-16-35(32)43-40;1-27(2)28(3,4)33-29(32-27)24-15-9-14-23(30-24)26-21-17-16-18-10-5-6-11-19(18)25(21)20-12-7-8-13-22(20)31-26/h1-26H;5-17H,1-4H3.